The maximum Gasteiger partial charge on any atom is 0.287 e. The Bertz CT molecular complexity index is 1120. The molecular formula is C21H31ClN6O4S. The fraction of sp³-hybridized carbons (Fsp3) is 0.667. The summed E-state index contributed by atoms with van der Waals surface area (Å²) in [6, 6.07) is -0.128. The molecule has 2 fully saturated rings. The molecule has 0 saturated carbocycles. The first-order chi connectivity index (χ1) is 15.8. The van der Waals surface area contributed by atoms with E-state index in [0.29, 0.717) is 50.7 Å². The van der Waals surface area contributed by atoms with Gasteiger partial charge in [-0.05, 0) is 45.4 Å². The minimum absolute atomic E-state index is 0.0795. The molecule has 1 N–H and O–H groups in total. The third kappa shape index (κ3) is 5.26. The van der Waals surface area contributed by atoms with Gasteiger partial charge in [-0.1, -0.05) is 11.6 Å². The number of hydrogen-bond donors (Lipinski definition) is 1. The van der Waals surface area contributed by atoms with E-state index in [1.807, 2.05) is 13.8 Å². The Morgan fingerprint density at radius 2 is 1.97 bits per heavy atom. The molecule has 0 amide bonds. The number of anilines is 1. The molecule has 4 rings (SSSR count). The second-order valence-corrected chi connectivity index (χ2v) is 11.3. The number of nitrogens with one attached hydrogen (secondary N) is 1. The van der Waals surface area contributed by atoms with Crippen LogP contribution in [0.5, 0.6) is 0 Å². The Kier molecular flexibility index (Phi) is 7.42. The molecule has 1 atom stereocenters. The first-order valence-corrected chi connectivity index (χ1v) is 13.2. The number of ether oxygens (including phenoxy) is 1. The van der Waals surface area contributed by atoms with E-state index >= 15 is 0 Å². The van der Waals surface area contributed by atoms with Crippen LogP contribution in [0.4, 0.5) is 5.69 Å². The Morgan fingerprint density at radius 3 is 2.61 bits per heavy atom. The number of aromatic nitrogens is 4. The zero-order valence-electron chi connectivity index (χ0n) is 19.0. The van der Waals surface area contributed by atoms with E-state index in [4.69, 9.17) is 16.3 Å². The predicted octanol–water partition coefficient (Wildman–Crippen LogP) is 2.54. The molecule has 2 aliphatic rings. The molecule has 0 aliphatic carbocycles. The monoisotopic (exact) mass is 498 g/mol. The van der Waals surface area contributed by atoms with Crippen LogP contribution in [-0.4, -0.2) is 65.1 Å². The van der Waals surface area contributed by atoms with Crippen LogP contribution in [0, 0.1) is 5.92 Å². The zero-order valence-corrected chi connectivity index (χ0v) is 20.6. The van der Waals surface area contributed by atoms with Crippen LogP contribution in [0.1, 0.15) is 51.6 Å². The molecule has 182 valence electrons. The van der Waals surface area contributed by atoms with Gasteiger partial charge in [0.05, 0.1) is 30.7 Å². The number of piperidine rings is 1. The molecule has 0 unspecified atom stereocenters. The van der Waals surface area contributed by atoms with Crippen LogP contribution in [0.15, 0.2) is 28.3 Å². The fourth-order valence-electron chi connectivity index (χ4n) is 4.26. The topological polar surface area (TPSA) is 111 Å². The SMILES string of the molecule is CC(C)n1cc(S(=O)(=O)N2CCC(n3ncc(NC[C@H]4CCCOC4)c(Cl)c3=O)CC2)cn1. The summed E-state index contributed by atoms with van der Waals surface area (Å²) in [7, 11) is -3.63. The number of rotatable bonds is 7. The maximum atomic E-state index is 13.0. The largest absolute Gasteiger partial charge is 0.382 e. The average molecular weight is 499 g/mol. The highest BCUT2D eigenvalue weighted by molar-refractivity contribution is 7.89. The van der Waals surface area contributed by atoms with E-state index in [0.717, 1.165) is 19.4 Å². The summed E-state index contributed by atoms with van der Waals surface area (Å²) in [4.78, 5) is 13.1. The van der Waals surface area contributed by atoms with E-state index in [9.17, 15) is 13.2 Å². The van der Waals surface area contributed by atoms with Crippen LogP contribution in [-0.2, 0) is 14.8 Å². The van der Waals surface area contributed by atoms with E-state index < -0.39 is 10.0 Å². The molecule has 2 aliphatic heterocycles. The van der Waals surface area contributed by atoms with Gasteiger partial charge in [0, 0.05) is 38.5 Å². The lowest BCUT2D eigenvalue weighted by Crippen LogP contribution is -2.41. The van der Waals surface area contributed by atoms with Crippen molar-refractivity contribution in [2.24, 2.45) is 5.92 Å². The summed E-state index contributed by atoms with van der Waals surface area (Å²) in [5, 5.41) is 11.8. The van der Waals surface area contributed by atoms with Gasteiger partial charge in [-0.3, -0.25) is 9.48 Å². The molecule has 0 bridgehead atoms. The second-order valence-electron chi connectivity index (χ2n) is 8.97. The summed E-state index contributed by atoms with van der Waals surface area (Å²) >= 11 is 6.36. The van der Waals surface area contributed by atoms with E-state index in [1.165, 1.54) is 15.2 Å². The van der Waals surface area contributed by atoms with Gasteiger partial charge in [0.1, 0.15) is 9.92 Å². The fourth-order valence-corrected chi connectivity index (χ4v) is 5.88. The second kappa shape index (κ2) is 10.1. The number of sulfonamides is 1. The Hall–Kier alpha value is -1.95. The van der Waals surface area contributed by atoms with Crippen LogP contribution in [0.3, 0.4) is 0 Å². The highest BCUT2D eigenvalue weighted by atomic mass is 35.5. The maximum absolute atomic E-state index is 13.0. The van der Waals surface area contributed by atoms with Gasteiger partial charge in [0.25, 0.3) is 5.56 Å². The van der Waals surface area contributed by atoms with Crippen LogP contribution in [0.2, 0.25) is 5.02 Å². The number of halogens is 1. The molecular weight excluding hydrogens is 468 g/mol. The van der Waals surface area contributed by atoms with Crippen molar-refractivity contribution in [3.8, 4) is 0 Å². The smallest absolute Gasteiger partial charge is 0.287 e. The summed E-state index contributed by atoms with van der Waals surface area (Å²) in [5.74, 6) is 0.385. The third-order valence-electron chi connectivity index (χ3n) is 6.29. The standard InChI is InChI=1S/C21H31ClN6O4S/c1-15(2)27-13-18(11-24-27)33(30,31)26-7-5-17(6-8-26)28-21(29)20(22)19(12-25-28)23-10-16-4-3-9-32-14-16/h11-13,15-17,23H,3-10,14H2,1-2H3/t16-/m1/s1. The lowest BCUT2D eigenvalue weighted by molar-refractivity contribution is 0.0595. The molecule has 0 aromatic carbocycles. The highest BCUT2D eigenvalue weighted by Crippen LogP contribution is 2.27. The molecule has 0 spiro atoms. The van der Waals surface area contributed by atoms with Gasteiger partial charge in [0.2, 0.25) is 10.0 Å². The Morgan fingerprint density at radius 1 is 1.21 bits per heavy atom. The van der Waals surface area contributed by atoms with Gasteiger partial charge in [-0.15, -0.1) is 0 Å². The minimum Gasteiger partial charge on any atom is -0.382 e. The number of nitrogens with zero attached hydrogens (tertiary/aromatic N) is 5. The molecule has 4 heterocycles. The molecule has 33 heavy (non-hydrogen) atoms. The third-order valence-corrected chi connectivity index (χ3v) is 8.51. The van der Waals surface area contributed by atoms with Gasteiger partial charge in [-0.2, -0.15) is 14.5 Å². The first-order valence-electron chi connectivity index (χ1n) is 11.4. The normalized spacial score (nSPS) is 20.9. The van der Waals surface area contributed by atoms with Crippen LogP contribution >= 0.6 is 11.6 Å². The molecule has 2 aromatic heterocycles. The van der Waals surface area contributed by atoms with E-state index in [2.05, 4.69) is 15.5 Å². The average Bonchev–Trinajstić information content (AvgIpc) is 3.33. The van der Waals surface area contributed by atoms with Crippen molar-refractivity contribution in [1.29, 1.82) is 0 Å². The van der Waals surface area contributed by atoms with Crippen molar-refractivity contribution in [3.63, 3.8) is 0 Å². The van der Waals surface area contributed by atoms with Crippen molar-refractivity contribution < 1.29 is 13.2 Å². The molecule has 12 heteroatoms. The van der Waals surface area contributed by atoms with Gasteiger partial charge in [0.15, 0.2) is 0 Å². The van der Waals surface area contributed by atoms with Crippen molar-refractivity contribution >= 4 is 27.3 Å². The lowest BCUT2D eigenvalue weighted by atomic mass is 10.0. The summed E-state index contributed by atoms with van der Waals surface area (Å²) in [6.07, 6.45) is 7.60. The summed E-state index contributed by atoms with van der Waals surface area (Å²) in [6.45, 7) is 6.66. The Labute approximate surface area is 198 Å². The van der Waals surface area contributed by atoms with E-state index in [-0.39, 0.29) is 27.6 Å². The van der Waals surface area contributed by atoms with E-state index in [1.54, 1.807) is 17.1 Å². The molecule has 10 nitrogen and oxygen atoms in total. The molecule has 0 radical (unpaired) electrons. The minimum atomic E-state index is -3.63. The quantitative estimate of drug-likeness (QED) is 0.624. The van der Waals surface area contributed by atoms with Gasteiger partial charge < -0.3 is 10.1 Å². The Balaban J connectivity index is 1.39. The molecule has 2 saturated heterocycles. The first kappa shape index (κ1) is 24.2. The summed E-state index contributed by atoms with van der Waals surface area (Å²) < 4.78 is 35.9. The van der Waals surface area contributed by atoms with Gasteiger partial charge >= 0.3 is 0 Å². The predicted molar refractivity (Wildman–Crippen MR) is 125 cm³/mol. The number of hydrogen-bond acceptors (Lipinski definition) is 7. The van der Waals surface area contributed by atoms with Crippen LogP contribution in [0.25, 0.3) is 0 Å². The van der Waals surface area contributed by atoms with Crippen molar-refractivity contribution in [1.82, 2.24) is 23.9 Å². The van der Waals surface area contributed by atoms with Crippen molar-refractivity contribution in [2.45, 2.75) is 56.5 Å². The molecule has 2 aromatic rings. The van der Waals surface area contributed by atoms with Crippen molar-refractivity contribution in [2.75, 3.05) is 38.2 Å². The zero-order chi connectivity index (χ0) is 23.6. The van der Waals surface area contributed by atoms with Crippen LogP contribution < -0.4 is 10.9 Å². The lowest BCUT2D eigenvalue weighted by Gasteiger charge is -2.31. The highest BCUT2D eigenvalue weighted by Gasteiger charge is 2.32. The summed E-state index contributed by atoms with van der Waals surface area (Å²) in [5.41, 5.74) is 0.159. The van der Waals surface area contributed by atoms with Gasteiger partial charge in [-0.25, -0.2) is 13.1 Å². The van der Waals surface area contributed by atoms with Crippen molar-refractivity contribution in [3.05, 3.63) is 34.0 Å².